The van der Waals surface area contributed by atoms with Crippen LogP contribution in [0.2, 0.25) is 0 Å². The van der Waals surface area contributed by atoms with Crippen molar-refractivity contribution in [3.8, 4) is 0 Å². The van der Waals surface area contributed by atoms with E-state index in [1.807, 2.05) is 0 Å². The lowest BCUT2D eigenvalue weighted by atomic mass is 9.78. The zero-order valence-corrected chi connectivity index (χ0v) is 8.05. The van der Waals surface area contributed by atoms with Gasteiger partial charge < -0.3 is 0 Å². The number of carbonyl (C=O) groups is 1. The van der Waals surface area contributed by atoms with Gasteiger partial charge in [0.15, 0.2) is 0 Å². The summed E-state index contributed by atoms with van der Waals surface area (Å²) >= 11 is 0. The number of Topliss-reactive ketones (excluding diaryl/α,β-unsaturated/α-hetero) is 1. The Bertz CT molecular complexity index is 248. The maximum absolute atomic E-state index is 10.9. The Morgan fingerprint density at radius 3 is 2.75 bits per heavy atom. The summed E-state index contributed by atoms with van der Waals surface area (Å²) in [5, 5.41) is 0. The van der Waals surface area contributed by atoms with Crippen molar-refractivity contribution >= 4 is 5.78 Å². The van der Waals surface area contributed by atoms with E-state index in [1.165, 1.54) is 5.57 Å². The minimum Gasteiger partial charge on any atom is -0.300 e. The smallest absolute Gasteiger partial charge is 0.130 e. The minimum atomic E-state index is 0.0747. The normalized spacial score (nSPS) is 28.4. The lowest BCUT2D eigenvalue weighted by Crippen LogP contribution is -2.18. The van der Waals surface area contributed by atoms with E-state index in [0.717, 1.165) is 6.42 Å². The van der Waals surface area contributed by atoms with Gasteiger partial charge >= 0.3 is 0 Å². The Hall–Kier alpha value is -0.850. The lowest BCUT2D eigenvalue weighted by Gasteiger charge is -2.26. The van der Waals surface area contributed by atoms with Crippen molar-refractivity contribution in [1.29, 1.82) is 0 Å². The van der Waals surface area contributed by atoms with Crippen LogP contribution in [0.25, 0.3) is 0 Å². The second-order valence-electron chi connectivity index (χ2n) is 4.02. The molecule has 0 bridgehead atoms. The Kier molecular flexibility index (Phi) is 2.51. The molecule has 0 aliphatic heterocycles. The van der Waals surface area contributed by atoms with E-state index in [2.05, 4.69) is 32.1 Å². The predicted octanol–water partition coefficient (Wildman–Crippen LogP) is 2.88. The molecule has 0 radical (unpaired) electrons. The van der Waals surface area contributed by atoms with Crippen LogP contribution < -0.4 is 0 Å². The number of hydrogen-bond acceptors (Lipinski definition) is 1. The first kappa shape index (κ1) is 9.24. The summed E-state index contributed by atoms with van der Waals surface area (Å²) in [5.41, 5.74) is 1.38. The van der Waals surface area contributed by atoms with Crippen LogP contribution in [0.15, 0.2) is 23.8 Å². The molecule has 66 valence electrons. The average Bonchev–Trinajstić information content (AvgIpc) is 1.94. The lowest BCUT2D eigenvalue weighted by molar-refractivity contribution is -0.118. The van der Waals surface area contributed by atoms with E-state index in [4.69, 9.17) is 0 Å². The molecule has 0 saturated carbocycles. The van der Waals surface area contributed by atoms with Gasteiger partial charge in [0.1, 0.15) is 5.78 Å². The fourth-order valence-electron chi connectivity index (χ4n) is 1.56. The second-order valence-corrected chi connectivity index (χ2v) is 4.02. The Morgan fingerprint density at radius 1 is 1.67 bits per heavy atom. The molecule has 0 aromatic rings. The molecule has 1 aliphatic carbocycles. The van der Waals surface area contributed by atoms with Crippen LogP contribution in [0.1, 0.15) is 33.6 Å². The molecule has 1 heteroatoms. The summed E-state index contributed by atoms with van der Waals surface area (Å²) in [5.74, 6) is 0.273. The van der Waals surface area contributed by atoms with Gasteiger partial charge in [0.05, 0.1) is 0 Å². The third-order valence-corrected chi connectivity index (χ3v) is 2.29. The van der Waals surface area contributed by atoms with Crippen LogP contribution in [-0.4, -0.2) is 5.78 Å². The van der Waals surface area contributed by atoms with E-state index in [1.54, 1.807) is 6.92 Å². The molecule has 0 spiro atoms. The number of carbonyl (C=O) groups excluding carboxylic acids is 1. The van der Waals surface area contributed by atoms with Gasteiger partial charge in [-0.3, -0.25) is 4.79 Å². The first-order chi connectivity index (χ1) is 5.52. The van der Waals surface area contributed by atoms with E-state index in [9.17, 15) is 4.79 Å². The molecule has 12 heavy (non-hydrogen) atoms. The molecule has 0 fully saturated rings. The third-order valence-electron chi connectivity index (χ3n) is 2.29. The molecule has 0 aromatic carbocycles. The first-order valence-corrected chi connectivity index (χ1v) is 4.37. The zero-order chi connectivity index (χ0) is 9.19. The van der Waals surface area contributed by atoms with Crippen molar-refractivity contribution in [2.75, 3.05) is 0 Å². The predicted molar refractivity (Wildman–Crippen MR) is 50.9 cm³/mol. The maximum atomic E-state index is 10.9. The van der Waals surface area contributed by atoms with E-state index >= 15 is 0 Å². The van der Waals surface area contributed by atoms with E-state index in [0.29, 0.717) is 6.42 Å². The Balaban J connectivity index is 2.65. The SMILES string of the molecule is CC(=O)CC1(C)C=CC(C)=CC1. The van der Waals surface area contributed by atoms with Gasteiger partial charge in [-0.1, -0.05) is 30.7 Å². The van der Waals surface area contributed by atoms with Crippen LogP contribution in [0.5, 0.6) is 0 Å². The van der Waals surface area contributed by atoms with Crippen molar-refractivity contribution < 1.29 is 4.79 Å². The highest BCUT2D eigenvalue weighted by Gasteiger charge is 2.23. The maximum Gasteiger partial charge on any atom is 0.130 e. The molecular weight excluding hydrogens is 148 g/mol. The van der Waals surface area contributed by atoms with Crippen LogP contribution in [0.3, 0.4) is 0 Å². The number of hydrogen-bond donors (Lipinski definition) is 0. The van der Waals surface area contributed by atoms with Gasteiger partial charge in [-0.25, -0.2) is 0 Å². The Morgan fingerprint density at radius 2 is 2.33 bits per heavy atom. The van der Waals surface area contributed by atoms with Crippen LogP contribution in [0.4, 0.5) is 0 Å². The second kappa shape index (κ2) is 3.26. The summed E-state index contributed by atoms with van der Waals surface area (Å²) in [6.45, 7) is 5.88. The van der Waals surface area contributed by atoms with Crippen molar-refractivity contribution in [3.63, 3.8) is 0 Å². The van der Waals surface area contributed by atoms with Gasteiger partial charge in [-0.2, -0.15) is 0 Å². The van der Waals surface area contributed by atoms with Gasteiger partial charge in [0, 0.05) is 6.42 Å². The van der Waals surface area contributed by atoms with Crippen molar-refractivity contribution in [2.24, 2.45) is 5.41 Å². The van der Waals surface area contributed by atoms with Crippen molar-refractivity contribution in [3.05, 3.63) is 23.8 Å². The van der Waals surface area contributed by atoms with Crippen molar-refractivity contribution in [1.82, 2.24) is 0 Å². The van der Waals surface area contributed by atoms with Crippen molar-refractivity contribution in [2.45, 2.75) is 33.6 Å². The number of rotatable bonds is 2. The van der Waals surface area contributed by atoms with Crippen LogP contribution >= 0.6 is 0 Å². The molecule has 0 aromatic heterocycles. The highest BCUT2D eigenvalue weighted by Crippen LogP contribution is 2.32. The molecule has 1 rings (SSSR count). The quantitative estimate of drug-likeness (QED) is 0.613. The molecular formula is C11H16O. The highest BCUT2D eigenvalue weighted by molar-refractivity contribution is 5.76. The summed E-state index contributed by atoms with van der Waals surface area (Å²) < 4.78 is 0. The van der Waals surface area contributed by atoms with Crippen LogP contribution in [0, 0.1) is 5.41 Å². The molecule has 1 atom stereocenters. The fraction of sp³-hybridized carbons (Fsp3) is 0.545. The molecule has 1 nitrogen and oxygen atoms in total. The topological polar surface area (TPSA) is 17.1 Å². The molecule has 0 saturated heterocycles. The fourth-order valence-corrected chi connectivity index (χ4v) is 1.56. The molecule has 1 aliphatic rings. The Labute approximate surface area is 74.2 Å². The van der Waals surface area contributed by atoms with Gasteiger partial charge in [0.2, 0.25) is 0 Å². The summed E-state index contributed by atoms with van der Waals surface area (Å²) in [6.07, 6.45) is 8.11. The molecule has 0 amide bonds. The van der Waals surface area contributed by atoms with Gasteiger partial charge in [0.25, 0.3) is 0 Å². The first-order valence-electron chi connectivity index (χ1n) is 4.37. The average molecular weight is 164 g/mol. The number of allylic oxidation sites excluding steroid dienone is 4. The summed E-state index contributed by atoms with van der Waals surface area (Å²) in [7, 11) is 0. The van der Waals surface area contributed by atoms with Crippen LogP contribution in [-0.2, 0) is 4.79 Å². The van der Waals surface area contributed by atoms with E-state index in [-0.39, 0.29) is 11.2 Å². The summed E-state index contributed by atoms with van der Waals surface area (Å²) in [4.78, 5) is 10.9. The van der Waals surface area contributed by atoms with Gasteiger partial charge in [-0.05, 0) is 25.7 Å². The molecule has 0 heterocycles. The summed E-state index contributed by atoms with van der Waals surface area (Å²) in [6, 6.07) is 0. The minimum absolute atomic E-state index is 0.0747. The van der Waals surface area contributed by atoms with E-state index < -0.39 is 0 Å². The zero-order valence-electron chi connectivity index (χ0n) is 8.05. The highest BCUT2D eigenvalue weighted by atomic mass is 16.1. The number of ketones is 1. The third kappa shape index (κ3) is 2.33. The molecule has 0 N–H and O–H groups in total. The largest absolute Gasteiger partial charge is 0.300 e. The molecule has 1 unspecified atom stereocenters. The monoisotopic (exact) mass is 164 g/mol. The standard InChI is InChI=1S/C11H16O/c1-9-4-6-11(3,7-5-9)8-10(2)12/h4-6H,7-8H2,1-3H3. The van der Waals surface area contributed by atoms with Gasteiger partial charge in [-0.15, -0.1) is 0 Å².